The van der Waals surface area contributed by atoms with E-state index in [1.54, 1.807) is 0 Å². The highest BCUT2D eigenvalue weighted by molar-refractivity contribution is 5.68. The van der Waals surface area contributed by atoms with Crippen LogP contribution in [-0.4, -0.2) is 10.2 Å². The summed E-state index contributed by atoms with van der Waals surface area (Å²) in [6, 6.07) is 19.1. The lowest BCUT2D eigenvalue weighted by molar-refractivity contribution is 1.10. The topological polar surface area (TPSA) is 28.7 Å². The first-order chi connectivity index (χ1) is 9.76. The first kappa shape index (κ1) is 12.7. The molecule has 0 saturated carbocycles. The highest BCUT2D eigenvalue weighted by Crippen LogP contribution is 2.24. The first-order valence-electron chi connectivity index (χ1n) is 6.98. The van der Waals surface area contributed by atoms with E-state index in [-0.39, 0.29) is 0 Å². The van der Waals surface area contributed by atoms with E-state index < -0.39 is 0 Å². The molecule has 1 aromatic heterocycles. The number of aromatic amines is 1. The molecule has 0 spiro atoms. The number of aromatic nitrogens is 2. The summed E-state index contributed by atoms with van der Waals surface area (Å²) in [6.07, 6.45) is 1.07. The summed E-state index contributed by atoms with van der Waals surface area (Å²) in [7, 11) is 0. The van der Waals surface area contributed by atoms with Crippen LogP contribution < -0.4 is 0 Å². The fourth-order valence-electron chi connectivity index (χ4n) is 2.34. The molecule has 0 amide bonds. The predicted molar refractivity (Wildman–Crippen MR) is 83.6 cm³/mol. The molecule has 2 nitrogen and oxygen atoms in total. The van der Waals surface area contributed by atoms with Gasteiger partial charge in [-0.25, -0.2) is 0 Å². The highest BCUT2D eigenvalue weighted by Gasteiger charge is 2.05. The van der Waals surface area contributed by atoms with E-state index in [1.807, 2.05) is 0 Å². The monoisotopic (exact) mass is 262 g/mol. The van der Waals surface area contributed by atoms with Gasteiger partial charge >= 0.3 is 0 Å². The van der Waals surface area contributed by atoms with Gasteiger partial charge < -0.3 is 0 Å². The van der Waals surface area contributed by atoms with Crippen molar-refractivity contribution in [1.82, 2.24) is 10.2 Å². The van der Waals surface area contributed by atoms with Crippen molar-refractivity contribution >= 4 is 0 Å². The molecule has 20 heavy (non-hydrogen) atoms. The molecule has 1 N–H and O–H groups in total. The Bertz CT molecular complexity index is 708. The van der Waals surface area contributed by atoms with Crippen molar-refractivity contribution in [1.29, 1.82) is 0 Å². The molecular formula is C18H18N2. The first-order valence-corrected chi connectivity index (χ1v) is 6.98. The van der Waals surface area contributed by atoms with Crippen LogP contribution in [0, 0.1) is 6.92 Å². The molecule has 2 heteroatoms. The van der Waals surface area contributed by atoms with Gasteiger partial charge in [-0.1, -0.05) is 55.0 Å². The second-order valence-electron chi connectivity index (χ2n) is 5.09. The molecular weight excluding hydrogens is 244 g/mol. The average Bonchev–Trinajstić information content (AvgIpc) is 2.97. The molecule has 3 rings (SSSR count). The largest absolute Gasteiger partial charge is 0.277 e. The van der Waals surface area contributed by atoms with E-state index in [0.29, 0.717) is 0 Å². The van der Waals surface area contributed by atoms with Crippen molar-refractivity contribution in [2.75, 3.05) is 0 Å². The van der Waals surface area contributed by atoms with Gasteiger partial charge in [-0.15, -0.1) is 0 Å². The standard InChI is InChI=1S/C18H18N2/c1-3-14-7-9-15(10-8-14)17-12-18(20-19-17)16-6-4-5-13(2)11-16/h4-12H,3H2,1-2H3,(H,19,20). The zero-order chi connectivity index (χ0) is 13.9. The van der Waals surface area contributed by atoms with Crippen LogP contribution in [0.15, 0.2) is 54.6 Å². The lowest BCUT2D eigenvalue weighted by Crippen LogP contribution is -1.81. The maximum atomic E-state index is 4.42. The molecule has 0 aliphatic carbocycles. The minimum absolute atomic E-state index is 0.989. The van der Waals surface area contributed by atoms with Crippen LogP contribution in [0.1, 0.15) is 18.1 Å². The zero-order valence-corrected chi connectivity index (χ0v) is 11.9. The number of hydrogen-bond donors (Lipinski definition) is 1. The van der Waals surface area contributed by atoms with Crippen molar-refractivity contribution in [2.45, 2.75) is 20.3 Å². The summed E-state index contributed by atoms with van der Waals surface area (Å²) >= 11 is 0. The Morgan fingerprint density at radius 2 is 1.75 bits per heavy atom. The van der Waals surface area contributed by atoms with Gasteiger partial charge in [0.1, 0.15) is 0 Å². The number of rotatable bonds is 3. The van der Waals surface area contributed by atoms with Crippen molar-refractivity contribution in [3.8, 4) is 22.5 Å². The Hall–Kier alpha value is -2.35. The summed E-state index contributed by atoms with van der Waals surface area (Å²) in [4.78, 5) is 0. The van der Waals surface area contributed by atoms with Gasteiger partial charge in [-0.2, -0.15) is 5.10 Å². The van der Waals surface area contributed by atoms with Crippen LogP contribution in [0.25, 0.3) is 22.5 Å². The third-order valence-corrected chi connectivity index (χ3v) is 3.56. The second-order valence-corrected chi connectivity index (χ2v) is 5.09. The van der Waals surface area contributed by atoms with Crippen molar-refractivity contribution in [3.05, 3.63) is 65.7 Å². The Morgan fingerprint density at radius 1 is 0.950 bits per heavy atom. The average molecular weight is 262 g/mol. The van der Waals surface area contributed by atoms with Gasteiger partial charge in [0.2, 0.25) is 0 Å². The summed E-state index contributed by atoms with van der Waals surface area (Å²) in [5.74, 6) is 0. The number of nitrogens with one attached hydrogen (secondary N) is 1. The number of H-pyrrole nitrogens is 1. The van der Waals surface area contributed by atoms with Gasteiger partial charge in [0.05, 0.1) is 11.4 Å². The van der Waals surface area contributed by atoms with Gasteiger partial charge in [0.25, 0.3) is 0 Å². The predicted octanol–water partition coefficient (Wildman–Crippen LogP) is 4.61. The third-order valence-electron chi connectivity index (χ3n) is 3.56. The molecule has 3 aromatic rings. The highest BCUT2D eigenvalue weighted by atomic mass is 15.1. The number of benzene rings is 2. The van der Waals surface area contributed by atoms with E-state index in [2.05, 4.69) is 78.6 Å². The van der Waals surface area contributed by atoms with Gasteiger partial charge in [0, 0.05) is 5.56 Å². The molecule has 0 bridgehead atoms. The van der Waals surface area contributed by atoms with E-state index in [1.165, 1.54) is 16.7 Å². The molecule has 2 aromatic carbocycles. The summed E-state index contributed by atoms with van der Waals surface area (Å²) < 4.78 is 0. The van der Waals surface area contributed by atoms with Gasteiger partial charge in [-0.05, 0) is 36.6 Å². The van der Waals surface area contributed by atoms with Gasteiger partial charge in [0.15, 0.2) is 0 Å². The third kappa shape index (κ3) is 2.50. The minimum atomic E-state index is 0.989. The molecule has 0 atom stereocenters. The number of hydrogen-bond acceptors (Lipinski definition) is 1. The van der Waals surface area contributed by atoms with Gasteiger partial charge in [-0.3, -0.25) is 5.10 Å². The SMILES string of the molecule is CCc1ccc(-c2cc(-c3cccc(C)c3)n[nH]2)cc1. The van der Waals surface area contributed by atoms with E-state index >= 15 is 0 Å². The second kappa shape index (κ2) is 5.33. The van der Waals surface area contributed by atoms with E-state index in [4.69, 9.17) is 0 Å². The smallest absolute Gasteiger partial charge is 0.0927 e. The van der Waals surface area contributed by atoms with Crippen molar-refractivity contribution < 1.29 is 0 Å². The van der Waals surface area contributed by atoms with E-state index in [9.17, 15) is 0 Å². The fourth-order valence-corrected chi connectivity index (χ4v) is 2.34. The van der Waals surface area contributed by atoms with Crippen LogP contribution in [0.5, 0.6) is 0 Å². The molecule has 0 unspecified atom stereocenters. The number of nitrogens with zero attached hydrogens (tertiary/aromatic N) is 1. The van der Waals surface area contributed by atoms with Crippen LogP contribution in [-0.2, 0) is 6.42 Å². The lowest BCUT2D eigenvalue weighted by Gasteiger charge is -1.99. The maximum Gasteiger partial charge on any atom is 0.0927 e. The molecule has 100 valence electrons. The number of aryl methyl sites for hydroxylation is 2. The summed E-state index contributed by atoms with van der Waals surface area (Å²) in [5.41, 5.74) is 6.98. The quantitative estimate of drug-likeness (QED) is 0.733. The normalized spacial score (nSPS) is 10.7. The Balaban J connectivity index is 1.93. The van der Waals surface area contributed by atoms with E-state index in [0.717, 1.165) is 23.4 Å². The lowest BCUT2D eigenvalue weighted by atomic mass is 10.1. The van der Waals surface area contributed by atoms with Crippen LogP contribution in [0.4, 0.5) is 0 Å². The van der Waals surface area contributed by atoms with Crippen LogP contribution in [0.3, 0.4) is 0 Å². The molecule has 0 fully saturated rings. The zero-order valence-electron chi connectivity index (χ0n) is 11.9. The van der Waals surface area contributed by atoms with Crippen molar-refractivity contribution in [2.24, 2.45) is 0 Å². The molecule has 1 heterocycles. The maximum absolute atomic E-state index is 4.42. The minimum Gasteiger partial charge on any atom is -0.277 e. The van der Waals surface area contributed by atoms with Crippen molar-refractivity contribution in [3.63, 3.8) is 0 Å². The fraction of sp³-hybridized carbons (Fsp3) is 0.167. The van der Waals surface area contributed by atoms with Crippen LogP contribution in [0.2, 0.25) is 0 Å². The molecule has 0 aliphatic rings. The Morgan fingerprint density at radius 3 is 2.45 bits per heavy atom. The summed E-state index contributed by atoms with van der Waals surface area (Å²) in [5, 5.41) is 7.55. The molecule has 0 radical (unpaired) electrons. The molecule has 0 saturated heterocycles. The Kier molecular flexibility index (Phi) is 3.38. The molecule has 0 aliphatic heterocycles. The van der Waals surface area contributed by atoms with Crippen LogP contribution >= 0.6 is 0 Å². The summed E-state index contributed by atoms with van der Waals surface area (Å²) in [6.45, 7) is 4.27. The Labute approximate surface area is 119 Å².